The summed E-state index contributed by atoms with van der Waals surface area (Å²) >= 11 is 0. The van der Waals surface area contributed by atoms with E-state index in [1.54, 1.807) is 6.07 Å². The average molecular weight is 347 g/mol. The SMILES string of the molecule is CC(C)c1cccc2c(C(=O)O)c(O)c(C3(c4ccccc4)CC3)nc12. The standard InChI is InChI=1S/C22H21NO3/c1-13(2)15-9-6-10-16-17(21(25)26)19(24)20(23-18(15)16)22(11-12-22)14-7-4-3-5-8-14/h3-10,13,24H,11-12H2,1-2H3,(H,25,26). The number of pyridine rings is 1. The number of hydrogen-bond donors (Lipinski definition) is 2. The monoisotopic (exact) mass is 347 g/mol. The Balaban J connectivity index is 2.07. The molecule has 1 fully saturated rings. The van der Waals surface area contributed by atoms with Crippen LogP contribution in [0.3, 0.4) is 0 Å². The van der Waals surface area contributed by atoms with E-state index in [1.165, 1.54) is 0 Å². The first kappa shape index (κ1) is 16.6. The fourth-order valence-corrected chi connectivity index (χ4v) is 3.86. The highest BCUT2D eigenvalue weighted by atomic mass is 16.4. The first-order valence-corrected chi connectivity index (χ1v) is 8.90. The first-order chi connectivity index (χ1) is 12.5. The first-order valence-electron chi connectivity index (χ1n) is 8.90. The lowest BCUT2D eigenvalue weighted by molar-refractivity contribution is 0.0695. The van der Waals surface area contributed by atoms with E-state index in [1.807, 2.05) is 42.5 Å². The Morgan fingerprint density at radius 2 is 1.77 bits per heavy atom. The Morgan fingerprint density at radius 1 is 1.08 bits per heavy atom. The van der Waals surface area contributed by atoms with Crippen LogP contribution in [0.25, 0.3) is 10.9 Å². The number of benzene rings is 2. The number of aromatic carboxylic acids is 1. The molecule has 1 aromatic heterocycles. The molecule has 1 heterocycles. The summed E-state index contributed by atoms with van der Waals surface area (Å²) in [5.74, 6) is -1.12. The molecule has 3 aromatic rings. The van der Waals surface area contributed by atoms with Crippen molar-refractivity contribution in [1.29, 1.82) is 0 Å². The third-order valence-electron chi connectivity index (χ3n) is 5.39. The molecule has 2 N–H and O–H groups in total. The molecule has 0 radical (unpaired) electrons. The summed E-state index contributed by atoms with van der Waals surface area (Å²) < 4.78 is 0. The van der Waals surface area contributed by atoms with Crippen LogP contribution in [0, 0.1) is 0 Å². The molecule has 0 amide bonds. The predicted molar refractivity (Wildman–Crippen MR) is 101 cm³/mol. The van der Waals surface area contributed by atoms with Crippen LogP contribution in [-0.4, -0.2) is 21.2 Å². The van der Waals surface area contributed by atoms with Crippen LogP contribution in [0.4, 0.5) is 0 Å². The van der Waals surface area contributed by atoms with Crippen LogP contribution < -0.4 is 0 Å². The second-order valence-corrected chi connectivity index (χ2v) is 7.34. The fourth-order valence-electron chi connectivity index (χ4n) is 3.86. The van der Waals surface area contributed by atoms with Crippen molar-refractivity contribution >= 4 is 16.9 Å². The van der Waals surface area contributed by atoms with Gasteiger partial charge in [-0.1, -0.05) is 62.4 Å². The summed E-state index contributed by atoms with van der Waals surface area (Å²) in [6.07, 6.45) is 1.71. The number of nitrogens with zero attached hydrogens (tertiary/aromatic N) is 1. The van der Waals surface area contributed by atoms with E-state index in [9.17, 15) is 15.0 Å². The van der Waals surface area contributed by atoms with E-state index in [2.05, 4.69) is 13.8 Å². The summed E-state index contributed by atoms with van der Waals surface area (Å²) in [5, 5.41) is 21.2. The average Bonchev–Trinajstić information content (AvgIpc) is 3.42. The van der Waals surface area contributed by atoms with E-state index in [4.69, 9.17) is 4.98 Å². The minimum Gasteiger partial charge on any atom is -0.505 e. The molecule has 132 valence electrons. The van der Waals surface area contributed by atoms with E-state index in [-0.39, 0.29) is 17.2 Å². The van der Waals surface area contributed by atoms with Crippen molar-refractivity contribution in [2.75, 3.05) is 0 Å². The van der Waals surface area contributed by atoms with Gasteiger partial charge in [-0.2, -0.15) is 0 Å². The second kappa shape index (κ2) is 5.84. The van der Waals surface area contributed by atoms with Crippen LogP contribution >= 0.6 is 0 Å². The van der Waals surface area contributed by atoms with E-state index in [0.717, 1.165) is 24.0 Å². The molecule has 2 aromatic carbocycles. The molecule has 0 unspecified atom stereocenters. The summed E-state index contributed by atoms with van der Waals surface area (Å²) in [6.45, 7) is 4.13. The zero-order valence-corrected chi connectivity index (χ0v) is 14.9. The summed E-state index contributed by atoms with van der Waals surface area (Å²) in [4.78, 5) is 16.8. The van der Waals surface area contributed by atoms with Crippen LogP contribution in [0.5, 0.6) is 5.75 Å². The zero-order chi connectivity index (χ0) is 18.5. The van der Waals surface area contributed by atoms with Gasteiger partial charge in [-0.15, -0.1) is 0 Å². The normalized spacial score (nSPS) is 15.3. The molecule has 4 nitrogen and oxygen atoms in total. The Kier molecular flexibility index (Phi) is 3.72. The Bertz CT molecular complexity index is 1000. The van der Waals surface area contributed by atoms with Gasteiger partial charge >= 0.3 is 5.97 Å². The van der Waals surface area contributed by atoms with Gasteiger partial charge in [0.1, 0.15) is 5.56 Å². The number of carboxylic acids is 1. The maximum Gasteiger partial charge on any atom is 0.340 e. The molecule has 0 bridgehead atoms. The maximum absolute atomic E-state index is 12.0. The number of rotatable bonds is 4. The predicted octanol–water partition coefficient (Wildman–Crippen LogP) is 4.84. The highest BCUT2D eigenvalue weighted by Gasteiger charge is 2.50. The quantitative estimate of drug-likeness (QED) is 0.708. The number of carbonyl (C=O) groups is 1. The number of fused-ring (bicyclic) bond motifs is 1. The number of para-hydroxylation sites is 1. The Morgan fingerprint density at radius 3 is 2.35 bits per heavy atom. The molecular formula is C22H21NO3. The minimum absolute atomic E-state index is 0.0466. The summed E-state index contributed by atoms with van der Waals surface area (Å²) in [6, 6.07) is 15.5. The molecule has 0 atom stereocenters. The largest absolute Gasteiger partial charge is 0.505 e. The van der Waals surface area contributed by atoms with Crippen molar-refractivity contribution < 1.29 is 15.0 Å². The van der Waals surface area contributed by atoms with Gasteiger partial charge in [0.2, 0.25) is 0 Å². The van der Waals surface area contributed by atoms with Crippen molar-refractivity contribution in [1.82, 2.24) is 4.98 Å². The van der Waals surface area contributed by atoms with Crippen molar-refractivity contribution in [3.63, 3.8) is 0 Å². The van der Waals surface area contributed by atoms with Gasteiger partial charge < -0.3 is 10.2 Å². The van der Waals surface area contributed by atoms with Gasteiger partial charge in [-0.05, 0) is 29.9 Å². The molecule has 0 spiro atoms. The lowest BCUT2D eigenvalue weighted by Gasteiger charge is -2.20. The van der Waals surface area contributed by atoms with E-state index < -0.39 is 11.4 Å². The fraction of sp³-hybridized carbons (Fsp3) is 0.273. The van der Waals surface area contributed by atoms with E-state index >= 15 is 0 Å². The number of carboxylic acid groups (broad SMARTS) is 1. The number of aromatic nitrogens is 1. The number of aromatic hydroxyl groups is 1. The van der Waals surface area contributed by atoms with Gasteiger partial charge in [-0.3, -0.25) is 0 Å². The molecule has 0 aliphatic heterocycles. The van der Waals surface area contributed by atoms with Crippen LogP contribution in [0.2, 0.25) is 0 Å². The smallest absolute Gasteiger partial charge is 0.340 e. The Labute approximate surface area is 152 Å². The van der Waals surface area contributed by atoms with Gasteiger partial charge in [0, 0.05) is 10.8 Å². The molecule has 1 saturated carbocycles. The summed E-state index contributed by atoms with van der Waals surface area (Å²) in [5.41, 5.74) is 2.79. The maximum atomic E-state index is 12.0. The molecule has 0 saturated heterocycles. The second-order valence-electron chi connectivity index (χ2n) is 7.34. The third kappa shape index (κ3) is 2.37. The topological polar surface area (TPSA) is 70.4 Å². The van der Waals surface area contributed by atoms with Crippen molar-refractivity contribution in [3.05, 3.63) is 70.9 Å². The number of hydrogen-bond acceptors (Lipinski definition) is 3. The summed E-state index contributed by atoms with van der Waals surface area (Å²) in [7, 11) is 0. The minimum atomic E-state index is -1.12. The Hall–Kier alpha value is -2.88. The van der Waals surface area contributed by atoms with Crippen LogP contribution in [0.15, 0.2) is 48.5 Å². The molecule has 1 aliphatic carbocycles. The van der Waals surface area contributed by atoms with Crippen molar-refractivity contribution in [2.45, 2.75) is 38.0 Å². The van der Waals surface area contributed by atoms with Gasteiger partial charge in [0.15, 0.2) is 5.75 Å². The third-order valence-corrected chi connectivity index (χ3v) is 5.39. The van der Waals surface area contributed by atoms with Crippen molar-refractivity contribution in [2.24, 2.45) is 0 Å². The lowest BCUT2D eigenvalue weighted by atomic mass is 9.88. The molecule has 4 heteroatoms. The highest BCUT2D eigenvalue weighted by molar-refractivity contribution is 6.06. The van der Waals surface area contributed by atoms with Crippen LogP contribution in [0.1, 0.15) is 59.8 Å². The molecular weight excluding hydrogens is 326 g/mol. The van der Waals surface area contributed by atoms with Crippen LogP contribution in [-0.2, 0) is 5.41 Å². The zero-order valence-electron chi connectivity index (χ0n) is 14.9. The molecule has 26 heavy (non-hydrogen) atoms. The molecule has 4 rings (SSSR count). The lowest BCUT2D eigenvalue weighted by Crippen LogP contribution is -2.14. The highest BCUT2D eigenvalue weighted by Crippen LogP contribution is 2.56. The van der Waals surface area contributed by atoms with Gasteiger partial charge in [0.25, 0.3) is 0 Å². The van der Waals surface area contributed by atoms with Gasteiger partial charge in [-0.25, -0.2) is 9.78 Å². The van der Waals surface area contributed by atoms with Crippen molar-refractivity contribution in [3.8, 4) is 5.75 Å². The molecule has 1 aliphatic rings. The van der Waals surface area contributed by atoms with Gasteiger partial charge in [0.05, 0.1) is 11.2 Å². The van der Waals surface area contributed by atoms with E-state index in [0.29, 0.717) is 16.6 Å².